The van der Waals surface area contributed by atoms with Crippen molar-refractivity contribution in [3.63, 3.8) is 0 Å². The summed E-state index contributed by atoms with van der Waals surface area (Å²) in [5.74, 6) is -0.0405. The highest BCUT2D eigenvalue weighted by Crippen LogP contribution is 2.33. The molecule has 0 aromatic heterocycles. The van der Waals surface area contributed by atoms with E-state index in [0.29, 0.717) is 6.61 Å². The molecule has 0 radical (unpaired) electrons. The number of nitro benzene ring substituents is 1. The summed E-state index contributed by atoms with van der Waals surface area (Å²) in [5, 5.41) is 11.0. The Balaban J connectivity index is 2.05. The largest absolute Gasteiger partial charge is 0.489 e. The van der Waals surface area contributed by atoms with Crippen molar-refractivity contribution in [1.29, 1.82) is 0 Å². The minimum Gasteiger partial charge on any atom is -0.489 e. The van der Waals surface area contributed by atoms with Gasteiger partial charge in [-0.15, -0.1) is 0 Å². The molecule has 8 heteroatoms. The normalized spacial score (nSPS) is 16.6. The first-order valence-corrected chi connectivity index (χ1v) is 8.71. The van der Waals surface area contributed by atoms with E-state index in [9.17, 15) is 18.5 Å². The van der Waals surface area contributed by atoms with Crippen LogP contribution in [0.25, 0.3) is 0 Å². The molecule has 0 saturated carbocycles. The first kappa shape index (κ1) is 16.4. The first-order valence-electron chi connectivity index (χ1n) is 7.22. The molecule has 126 valence electrons. The molecule has 0 spiro atoms. The van der Waals surface area contributed by atoms with Gasteiger partial charge < -0.3 is 9.47 Å². The van der Waals surface area contributed by atoms with Crippen LogP contribution >= 0.6 is 0 Å². The summed E-state index contributed by atoms with van der Waals surface area (Å²) >= 11 is 0. The molecular weight excluding hydrogens is 334 g/mol. The van der Waals surface area contributed by atoms with Crippen LogP contribution in [-0.4, -0.2) is 32.7 Å². The number of epoxide rings is 1. The number of benzene rings is 2. The summed E-state index contributed by atoms with van der Waals surface area (Å²) in [6.07, 6.45) is -0.0983. The fraction of sp³-hybridized carbons (Fsp3) is 0.250. The van der Waals surface area contributed by atoms with Crippen molar-refractivity contribution in [1.82, 2.24) is 0 Å². The number of aryl methyl sites for hydroxylation is 1. The van der Waals surface area contributed by atoms with E-state index in [1.807, 2.05) is 0 Å². The summed E-state index contributed by atoms with van der Waals surface area (Å²) in [6, 6.07) is 9.96. The molecule has 0 amide bonds. The van der Waals surface area contributed by atoms with Crippen LogP contribution in [0.2, 0.25) is 0 Å². The second-order valence-corrected chi connectivity index (χ2v) is 7.39. The molecule has 1 unspecified atom stereocenters. The average molecular weight is 349 g/mol. The smallest absolute Gasteiger partial charge is 0.273 e. The third kappa shape index (κ3) is 3.39. The molecule has 1 fully saturated rings. The maximum absolute atomic E-state index is 12.9. The average Bonchev–Trinajstić information content (AvgIpc) is 3.37. The van der Waals surface area contributed by atoms with Crippen LogP contribution in [0.15, 0.2) is 52.3 Å². The number of hydrogen-bond donors (Lipinski definition) is 0. The minimum absolute atomic E-state index is 0.0405. The van der Waals surface area contributed by atoms with Gasteiger partial charge in [0.15, 0.2) is 0 Å². The van der Waals surface area contributed by atoms with Crippen LogP contribution in [0, 0.1) is 17.0 Å². The molecule has 1 heterocycles. The lowest BCUT2D eigenvalue weighted by atomic mass is 10.2. The molecule has 2 aromatic rings. The fourth-order valence-corrected chi connectivity index (χ4v) is 3.68. The maximum Gasteiger partial charge on any atom is 0.273 e. The molecule has 7 nitrogen and oxygen atoms in total. The SMILES string of the molecule is Cc1cccc(S(=O)(=O)c2ccc([N+](=O)[O-])cc2OCC2CO2)c1. The Morgan fingerprint density at radius 1 is 1.29 bits per heavy atom. The number of sulfone groups is 1. The van der Waals surface area contributed by atoms with Crippen molar-refractivity contribution >= 4 is 15.5 Å². The van der Waals surface area contributed by atoms with E-state index < -0.39 is 14.8 Å². The Bertz CT molecular complexity index is 889. The summed E-state index contributed by atoms with van der Waals surface area (Å²) in [5.41, 5.74) is 0.566. The fourth-order valence-electron chi connectivity index (χ4n) is 2.20. The molecule has 24 heavy (non-hydrogen) atoms. The molecule has 0 aliphatic carbocycles. The molecule has 1 aliphatic heterocycles. The Labute approximate surface area is 138 Å². The second kappa shape index (κ2) is 6.21. The van der Waals surface area contributed by atoms with Gasteiger partial charge in [0.1, 0.15) is 23.4 Å². The van der Waals surface area contributed by atoms with Crippen LogP contribution in [0.5, 0.6) is 5.75 Å². The minimum atomic E-state index is -3.85. The standard InChI is InChI=1S/C16H15NO6S/c1-11-3-2-4-14(7-11)24(20,21)16-6-5-12(17(18)19)8-15(16)23-10-13-9-22-13/h2-8,13H,9-10H2,1H3. The highest BCUT2D eigenvalue weighted by molar-refractivity contribution is 7.91. The van der Waals surface area contributed by atoms with Crippen molar-refractivity contribution < 1.29 is 22.8 Å². The summed E-state index contributed by atoms with van der Waals surface area (Å²) in [4.78, 5) is 10.4. The zero-order chi connectivity index (χ0) is 17.3. The Kier molecular flexibility index (Phi) is 4.25. The molecule has 3 rings (SSSR count). The van der Waals surface area contributed by atoms with Crippen LogP contribution in [0.1, 0.15) is 5.56 Å². The van der Waals surface area contributed by atoms with E-state index >= 15 is 0 Å². The highest BCUT2D eigenvalue weighted by atomic mass is 32.2. The zero-order valence-electron chi connectivity index (χ0n) is 12.8. The molecule has 2 aromatic carbocycles. The summed E-state index contributed by atoms with van der Waals surface area (Å²) in [6.45, 7) is 2.48. The number of nitro groups is 1. The monoisotopic (exact) mass is 349 g/mol. The van der Waals surface area contributed by atoms with Crippen molar-refractivity contribution in [2.45, 2.75) is 22.8 Å². The van der Waals surface area contributed by atoms with Crippen LogP contribution in [0.4, 0.5) is 5.69 Å². The predicted molar refractivity (Wildman–Crippen MR) is 85.0 cm³/mol. The van der Waals surface area contributed by atoms with E-state index in [4.69, 9.17) is 9.47 Å². The molecular formula is C16H15NO6S. The molecule has 0 N–H and O–H groups in total. The second-order valence-electron chi connectivity index (χ2n) is 5.47. The van der Waals surface area contributed by atoms with Crippen molar-refractivity contribution in [3.05, 3.63) is 58.1 Å². The molecule has 0 bridgehead atoms. The number of nitrogens with zero attached hydrogens (tertiary/aromatic N) is 1. The molecule has 1 saturated heterocycles. The van der Waals surface area contributed by atoms with Gasteiger partial charge in [-0.2, -0.15) is 0 Å². The van der Waals surface area contributed by atoms with Crippen LogP contribution in [-0.2, 0) is 14.6 Å². The Morgan fingerprint density at radius 3 is 2.67 bits per heavy atom. The Hall–Kier alpha value is -2.45. The summed E-state index contributed by atoms with van der Waals surface area (Å²) in [7, 11) is -3.85. The highest BCUT2D eigenvalue weighted by Gasteiger charge is 2.28. The van der Waals surface area contributed by atoms with E-state index in [-0.39, 0.29) is 33.9 Å². The van der Waals surface area contributed by atoms with E-state index in [0.717, 1.165) is 17.7 Å². The maximum atomic E-state index is 12.9. The van der Waals surface area contributed by atoms with E-state index in [1.54, 1.807) is 25.1 Å². The van der Waals surface area contributed by atoms with Gasteiger partial charge in [0.05, 0.1) is 22.5 Å². The Morgan fingerprint density at radius 2 is 2.04 bits per heavy atom. The third-order valence-electron chi connectivity index (χ3n) is 3.55. The van der Waals surface area contributed by atoms with Crippen LogP contribution < -0.4 is 4.74 Å². The van der Waals surface area contributed by atoms with Gasteiger partial charge in [0.2, 0.25) is 9.84 Å². The van der Waals surface area contributed by atoms with Crippen molar-refractivity contribution in [2.75, 3.05) is 13.2 Å². The van der Waals surface area contributed by atoms with Gasteiger partial charge in [-0.05, 0) is 30.7 Å². The lowest BCUT2D eigenvalue weighted by Crippen LogP contribution is -2.10. The lowest BCUT2D eigenvalue weighted by molar-refractivity contribution is -0.385. The number of hydrogen-bond acceptors (Lipinski definition) is 6. The summed E-state index contributed by atoms with van der Waals surface area (Å²) < 4.78 is 36.2. The molecule has 1 atom stereocenters. The predicted octanol–water partition coefficient (Wildman–Crippen LogP) is 2.51. The first-order chi connectivity index (χ1) is 11.4. The van der Waals surface area contributed by atoms with Gasteiger partial charge in [-0.25, -0.2) is 8.42 Å². The van der Waals surface area contributed by atoms with Crippen molar-refractivity contribution in [3.8, 4) is 5.75 Å². The number of ether oxygens (including phenoxy) is 2. The van der Waals surface area contributed by atoms with Gasteiger partial charge in [-0.3, -0.25) is 10.1 Å². The number of rotatable bonds is 6. The van der Waals surface area contributed by atoms with Crippen molar-refractivity contribution in [2.24, 2.45) is 0 Å². The molecule has 1 aliphatic rings. The topological polar surface area (TPSA) is 99.0 Å². The third-order valence-corrected chi connectivity index (χ3v) is 5.35. The quantitative estimate of drug-likeness (QED) is 0.451. The van der Waals surface area contributed by atoms with E-state index in [1.165, 1.54) is 12.1 Å². The van der Waals surface area contributed by atoms with Gasteiger partial charge in [0, 0.05) is 6.07 Å². The van der Waals surface area contributed by atoms with Gasteiger partial charge in [0.25, 0.3) is 5.69 Å². The van der Waals surface area contributed by atoms with Gasteiger partial charge >= 0.3 is 0 Å². The van der Waals surface area contributed by atoms with E-state index in [2.05, 4.69) is 0 Å². The van der Waals surface area contributed by atoms with Gasteiger partial charge in [-0.1, -0.05) is 12.1 Å². The number of non-ortho nitro benzene ring substituents is 1. The van der Waals surface area contributed by atoms with Crippen LogP contribution in [0.3, 0.4) is 0 Å². The zero-order valence-corrected chi connectivity index (χ0v) is 13.7. The lowest BCUT2D eigenvalue weighted by Gasteiger charge is -2.12.